The predicted molar refractivity (Wildman–Crippen MR) is 155 cm³/mol. The van der Waals surface area contributed by atoms with Crippen LogP contribution in [-0.2, 0) is 0 Å². The van der Waals surface area contributed by atoms with Crippen LogP contribution in [0.3, 0.4) is 0 Å². The van der Waals surface area contributed by atoms with Crippen molar-refractivity contribution in [2.45, 2.75) is 0 Å². The van der Waals surface area contributed by atoms with Crippen molar-refractivity contribution >= 4 is 34.1 Å². The van der Waals surface area contributed by atoms with Crippen molar-refractivity contribution in [1.82, 2.24) is 0 Å². The molecule has 0 aliphatic carbocycles. The Hall–Kier alpha value is -6.34. The molecule has 5 rings (SSSR count). The van der Waals surface area contributed by atoms with E-state index in [1.807, 2.05) is 107 Å². The first kappa shape index (κ1) is 25.3. The van der Waals surface area contributed by atoms with Crippen LogP contribution in [-0.4, -0.2) is 0 Å². The van der Waals surface area contributed by atoms with Gasteiger partial charge in [0, 0.05) is 34.1 Å². The van der Waals surface area contributed by atoms with Gasteiger partial charge in [0.15, 0.2) is 0 Å². The highest BCUT2D eigenvalue weighted by molar-refractivity contribution is 5.82. The molecule has 5 aromatic rings. The van der Waals surface area contributed by atoms with Gasteiger partial charge < -0.3 is 9.80 Å². The summed E-state index contributed by atoms with van der Waals surface area (Å²) in [6.07, 6.45) is 0. The van der Waals surface area contributed by atoms with Gasteiger partial charge in [-0.25, -0.2) is 0 Å². The third-order valence-corrected chi connectivity index (χ3v) is 6.40. The first-order valence-corrected chi connectivity index (χ1v) is 12.4. The number of anilines is 6. The topological polar surface area (TPSA) is 102 Å². The van der Waals surface area contributed by atoms with Crippen LogP contribution < -0.4 is 9.80 Å². The molecule has 186 valence electrons. The highest BCUT2D eigenvalue weighted by atomic mass is 15.2. The SMILES string of the molecule is N#Cc1ccc(N(c2ccccc2)c2ccc(N(c3ccccc3)c3ccc(C#N)c(C#N)c3)cc2)cc1C#N. The third-order valence-electron chi connectivity index (χ3n) is 6.40. The lowest BCUT2D eigenvalue weighted by Gasteiger charge is -2.28. The van der Waals surface area contributed by atoms with Crippen molar-refractivity contribution in [3.8, 4) is 24.3 Å². The maximum Gasteiger partial charge on any atom is 0.101 e. The summed E-state index contributed by atoms with van der Waals surface area (Å²) < 4.78 is 0. The van der Waals surface area contributed by atoms with Gasteiger partial charge in [-0.15, -0.1) is 0 Å². The molecule has 0 saturated carbocycles. The van der Waals surface area contributed by atoms with E-state index in [0.29, 0.717) is 22.3 Å². The van der Waals surface area contributed by atoms with E-state index in [-0.39, 0.29) is 0 Å². The summed E-state index contributed by atoms with van der Waals surface area (Å²) in [5.74, 6) is 0. The van der Waals surface area contributed by atoms with Gasteiger partial charge in [0.25, 0.3) is 0 Å². The molecule has 0 heterocycles. The standard InChI is InChI=1S/C34H20N6/c35-21-25-11-13-33(19-27(25)23-37)39(29-7-3-1-4-8-29)31-15-17-32(18-16-31)40(30-9-5-2-6-10-30)34-14-12-26(22-36)28(20-34)24-38/h1-20H. The minimum absolute atomic E-state index is 0.307. The molecule has 0 aliphatic rings. The summed E-state index contributed by atoms with van der Waals surface area (Å²) in [7, 11) is 0. The minimum Gasteiger partial charge on any atom is -0.310 e. The van der Waals surface area contributed by atoms with Crippen molar-refractivity contribution < 1.29 is 0 Å². The number of rotatable bonds is 6. The Morgan fingerprint density at radius 3 is 0.950 bits per heavy atom. The van der Waals surface area contributed by atoms with Crippen LogP contribution in [0.1, 0.15) is 22.3 Å². The highest BCUT2D eigenvalue weighted by Crippen LogP contribution is 2.39. The zero-order valence-electron chi connectivity index (χ0n) is 21.2. The summed E-state index contributed by atoms with van der Waals surface area (Å²) >= 11 is 0. The molecule has 0 N–H and O–H groups in total. The fraction of sp³-hybridized carbons (Fsp3) is 0. The molecule has 0 saturated heterocycles. The van der Waals surface area contributed by atoms with Gasteiger partial charge in [-0.05, 0) is 84.9 Å². The molecule has 0 aromatic heterocycles. The van der Waals surface area contributed by atoms with Crippen LogP contribution in [0.25, 0.3) is 0 Å². The molecule has 40 heavy (non-hydrogen) atoms. The van der Waals surface area contributed by atoms with Crippen molar-refractivity contribution in [2.75, 3.05) is 9.80 Å². The summed E-state index contributed by atoms with van der Waals surface area (Å²) in [6, 6.07) is 46.3. The smallest absolute Gasteiger partial charge is 0.101 e. The maximum absolute atomic E-state index is 9.62. The molecule has 0 atom stereocenters. The molecule has 0 unspecified atom stereocenters. The quantitative estimate of drug-likeness (QED) is 0.228. The first-order chi connectivity index (χ1) is 19.7. The number of hydrogen-bond acceptors (Lipinski definition) is 6. The fourth-order valence-corrected chi connectivity index (χ4v) is 4.52. The Balaban J connectivity index is 1.62. The lowest BCUT2D eigenvalue weighted by atomic mass is 10.1. The Kier molecular flexibility index (Phi) is 7.20. The van der Waals surface area contributed by atoms with Gasteiger partial charge in [0.1, 0.15) is 24.3 Å². The number of para-hydroxylation sites is 2. The van der Waals surface area contributed by atoms with Crippen molar-refractivity contribution in [1.29, 1.82) is 21.0 Å². The number of nitrogens with zero attached hydrogens (tertiary/aromatic N) is 6. The van der Waals surface area contributed by atoms with E-state index in [2.05, 4.69) is 24.3 Å². The third kappa shape index (κ3) is 4.93. The van der Waals surface area contributed by atoms with Gasteiger partial charge in [-0.2, -0.15) is 21.0 Å². The first-order valence-electron chi connectivity index (χ1n) is 12.4. The molecule has 0 amide bonds. The van der Waals surface area contributed by atoms with E-state index >= 15 is 0 Å². The summed E-state index contributed by atoms with van der Waals surface area (Å²) in [4.78, 5) is 4.04. The molecule has 5 aromatic carbocycles. The minimum atomic E-state index is 0.307. The molecule has 0 aliphatic heterocycles. The normalized spacial score (nSPS) is 9.90. The summed E-state index contributed by atoms with van der Waals surface area (Å²) in [5, 5.41) is 38.0. The van der Waals surface area contributed by atoms with E-state index < -0.39 is 0 Å². The largest absolute Gasteiger partial charge is 0.310 e. The molecule has 0 spiro atoms. The fourth-order valence-electron chi connectivity index (χ4n) is 4.52. The number of benzene rings is 5. The lowest BCUT2D eigenvalue weighted by molar-refractivity contribution is 1.25. The number of nitriles is 4. The summed E-state index contributed by atoms with van der Waals surface area (Å²) in [5.41, 5.74) is 6.27. The van der Waals surface area contributed by atoms with E-state index in [1.54, 1.807) is 24.3 Å². The lowest BCUT2D eigenvalue weighted by Crippen LogP contribution is -2.12. The van der Waals surface area contributed by atoms with Crippen LogP contribution >= 0.6 is 0 Å². The summed E-state index contributed by atoms with van der Waals surface area (Å²) in [6.45, 7) is 0. The van der Waals surface area contributed by atoms with E-state index in [0.717, 1.165) is 34.1 Å². The Labute approximate surface area is 232 Å². The second-order valence-electron chi connectivity index (χ2n) is 8.77. The van der Waals surface area contributed by atoms with E-state index in [4.69, 9.17) is 0 Å². The van der Waals surface area contributed by atoms with Gasteiger partial charge in [-0.3, -0.25) is 0 Å². The molecular weight excluding hydrogens is 492 g/mol. The van der Waals surface area contributed by atoms with Crippen LogP contribution in [0.5, 0.6) is 0 Å². The van der Waals surface area contributed by atoms with Gasteiger partial charge in [0.2, 0.25) is 0 Å². The monoisotopic (exact) mass is 512 g/mol. The van der Waals surface area contributed by atoms with Gasteiger partial charge >= 0.3 is 0 Å². The Morgan fingerprint density at radius 1 is 0.325 bits per heavy atom. The van der Waals surface area contributed by atoms with Crippen molar-refractivity contribution in [3.05, 3.63) is 144 Å². The molecule has 0 radical (unpaired) electrons. The van der Waals surface area contributed by atoms with Gasteiger partial charge in [-0.1, -0.05) is 36.4 Å². The molecule has 6 heteroatoms. The van der Waals surface area contributed by atoms with Crippen LogP contribution in [0.15, 0.2) is 121 Å². The zero-order chi connectivity index (χ0) is 27.9. The Bertz CT molecular complexity index is 1700. The van der Waals surface area contributed by atoms with Gasteiger partial charge in [0.05, 0.1) is 22.3 Å². The highest BCUT2D eigenvalue weighted by Gasteiger charge is 2.18. The predicted octanol–water partition coefficient (Wildman–Crippen LogP) is 8.11. The van der Waals surface area contributed by atoms with Crippen LogP contribution in [0, 0.1) is 45.3 Å². The molecule has 0 bridgehead atoms. The van der Waals surface area contributed by atoms with Crippen molar-refractivity contribution in [3.63, 3.8) is 0 Å². The van der Waals surface area contributed by atoms with Crippen molar-refractivity contribution in [2.24, 2.45) is 0 Å². The molecular formula is C34H20N6. The average molecular weight is 513 g/mol. The van der Waals surface area contributed by atoms with E-state index in [9.17, 15) is 21.0 Å². The molecule has 0 fully saturated rings. The van der Waals surface area contributed by atoms with Crippen LogP contribution in [0.2, 0.25) is 0 Å². The Morgan fingerprint density at radius 2 is 0.625 bits per heavy atom. The molecule has 6 nitrogen and oxygen atoms in total. The maximum atomic E-state index is 9.62. The number of hydrogen-bond donors (Lipinski definition) is 0. The van der Waals surface area contributed by atoms with E-state index in [1.165, 1.54) is 0 Å². The second kappa shape index (κ2) is 11.4. The average Bonchev–Trinajstić information content (AvgIpc) is 3.03. The zero-order valence-corrected chi connectivity index (χ0v) is 21.2. The van der Waals surface area contributed by atoms with Crippen LogP contribution in [0.4, 0.5) is 34.1 Å². The second-order valence-corrected chi connectivity index (χ2v) is 8.77.